The summed E-state index contributed by atoms with van der Waals surface area (Å²) in [6.07, 6.45) is -0.670. The summed E-state index contributed by atoms with van der Waals surface area (Å²) < 4.78 is 10.1. The summed E-state index contributed by atoms with van der Waals surface area (Å²) in [5.41, 5.74) is -0.144. The van der Waals surface area contributed by atoms with E-state index in [9.17, 15) is 14.7 Å². The van der Waals surface area contributed by atoms with Gasteiger partial charge >= 0.3 is 6.09 Å². The Morgan fingerprint density at radius 2 is 1.82 bits per heavy atom. The van der Waals surface area contributed by atoms with Crippen molar-refractivity contribution in [2.45, 2.75) is 38.8 Å². The van der Waals surface area contributed by atoms with Crippen molar-refractivity contribution in [3.63, 3.8) is 0 Å². The van der Waals surface area contributed by atoms with Crippen molar-refractivity contribution in [2.75, 3.05) is 13.7 Å². The minimum absolute atomic E-state index is 0.0118. The largest absolute Gasteiger partial charge is 0.497 e. The van der Waals surface area contributed by atoms with Gasteiger partial charge in [-0.3, -0.25) is 4.79 Å². The maximum absolute atomic E-state index is 12.1. The first-order valence-corrected chi connectivity index (χ1v) is 7.03. The Morgan fingerprint density at radius 1 is 1.23 bits per heavy atom. The van der Waals surface area contributed by atoms with Crippen molar-refractivity contribution in [2.24, 2.45) is 0 Å². The highest BCUT2D eigenvalue weighted by Crippen LogP contribution is 2.14. The normalized spacial score (nSPS) is 12.4. The van der Waals surface area contributed by atoms with Crippen LogP contribution in [0.2, 0.25) is 0 Å². The van der Waals surface area contributed by atoms with Crippen LogP contribution >= 0.6 is 0 Å². The van der Waals surface area contributed by atoms with E-state index in [1.54, 1.807) is 52.1 Å². The summed E-state index contributed by atoms with van der Waals surface area (Å²) in [6, 6.07) is 5.96. The summed E-state index contributed by atoms with van der Waals surface area (Å²) in [7, 11) is 1.55. The number of Topliss-reactive ketones (excluding diaryl/α,β-unsaturated/α-hetero) is 1. The van der Waals surface area contributed by atoms with Crippen LogP contribution in [0.15, 0.2) is 24.3 Å². The Bertz CT molecular complexity index is 504. The van der Waals surface area contributed by atoms with Gasteiger partial charge in [0.1, 0.15) is 11.4 Å². The van der Waals surface area contributed by atoms with Crippen molar-refractivity contribution in [3.05, 3.63) is 29.8 Å². The Morgan fingerprint density at radius 3 is 2.27 bits per heavy atom. The number of ether oxygens (including phenoxy) is 2. The number of rotatable bonds is 6. The molecular weight excluding hydrogens is 286 g/mol. The minimum Gasteiger partial charge on any atom is -0.497 e. The lowest BCUT2D eigenvalue weighted by molar-refractivity contribution is 0.0479. The summed E-state index contributed by atoms with van der Waals surface area (Å²) in [6.45, 7) is 4.87. The number of aliphatic hydroxyl groups excluding tert-OH is 1. The average Bonchev–Trinajstić information content (AvgIpc) is 2.44. The summed E-state index contributed by atoms with van der Waals surface area (Å²) in [5.74, 6) is 0.472. The third-order valence-corrected chi connectivity index (χ3v) is 2.79. The molecule has 0 radical (unpaired) electrons. The molecule has 0 aliphatic rings. The first kappa shape index (κ1) is 18.0. The predicted octanol–water partition coefficient (Wildman–Crippen LogP) is 2.15. The van der Waals surface area contributed by atoms with E-state index in [0.29, 0.717) is 11.3 Å². The lowest BCUT2D eigenvalue weighted by atomic mass is 10.0. The maximum Gasteiger partial charge on any atom is 0.407 e. The molecule has 0 heterocycles. The van der Waals surface area contributed by atoms with Gasteiger partial charge < -0.3 is 19.9 Å². The molecule has 1 aromatic rings. The number of carbonyl (C=O) groups excluding carboxylic acids is 2. The third-order valence-electron chi connectivity index (χ3n) is 2.79. The van der Waals surface area contributed by atoms with Gasteiger partial charge in [-0.2, -0.15) is 0 Å². The van der Waals surface area contributed by atoms with Crippen molar-refractivity contribution >= 4 is 11.9 Å². The average molecular weight is 309 g/mol. The molecule has 0 saturated carbocycles. The maximum atomic E-state index is 12.1. The smallest absolute Gasteiger partial charge is 0.407 e. The molecule has 0 spiro atoms. The second-order valence-electron chi connectivity index (χ2n) is 5.88. The van der Waals surface area contributed by atoms with Crippen LogP contribution in [0.3, 0.4) is 0 Å². The van der Waals surface area contributed by atoms with Gasteiger partial charge in [0.05, 0.1) is 19.8 Å². The molecule has 0 aromatic heterocycles. The molecular formula is C16H23NO5. The van der Waals surface area contributed by atoms with Gasteiger partial charge in [0, 0.05) is 12.0 Å². The number of methoxy groups -OCH3 is 1. The highest BCUT2D eigenvalue weighted by molar-refractivity contribution is 5.96. The van der Waals surface area contributed by atoms with Crippen LogP contribution in [0.1, 0.15) is 37.6 Å². The molecule has 6 heteroatoms. The molecule has 6 nitrogen and oxygen atoms in total. The molecule has 22 heavy (non-hydrogen) atoms. The number of hydrogen-bond donors (Lipinski definition) is 2. The second kappa shape index (κ2) is 7.79. The number of alkyl carbamates (subject to hydrolysis) is 1. The van der Waals surface area contributed by atoms with E-state index in [4.69, 9.17) is 9.47 Å². The molecule has 1 aromatic carbocycles. The molecule has 0 aliphatic heterocycles. The van der Waals surface area contributed by atoms with Gasteiger partial charge in [-0.1, -0.05) is 0 Å². The number of amides is 1. The zero-order chi connectivity index (χ0) is 16.8. The Kier molecular flexibility index (Phi) is 6.37. The predicted molar refractivity (Wildman–Crippen MR) is 82.2 cm³/mol. The van der Waals surface area contributed by atoms with E-state index in [1.807, 2.05) is 0 Å². The zero-order valence-electron chi connectivity index (χ0n) is 13.4. The fourth-order valence-corrected chi connectivity index (χ4v) is 1.75. The van der Waals surface area contributed by atoms with Gasteiger partial charge in [0.15, 0.2) is 5.78 Å². The van der Waals surface area contributed by atoms with E-state index in [2.05, 4.69) is 5.32 Å². The number of nitrogens with one attached hydrogen (secondary N) is 1. The van der Waals surface area contributed by atoms with Crippen molar-refractivity contribution in [1.82, 2.24) is 5.32 Å². The van der Waals surface area contributed by atoms with Gasteiger partial charge in [0.2, 0.25) is 0 Å². The molecule has 0 saturated heterocycles. The van der Waals surface area contributed by atoms with Crippen LogP contribution in [-0.4, -0.2) is 42.3 Å². The highest BCUT2D eigenvalue weighted by atomic mass is 16.6. The number of hydrogen-bond acceptors (Lipinski definition) is 5. The van der Waals surface area contributed by atoms with E-state index in [-0.39, 0.29) is 18.8 Å². The molecule has 0 unspecified atom stereocenters. The SMILES string of the molecule is COc1ccc(C(=O)C[C@H](CO)NC(=O)OC(C)(C)C)cc1. The molecule has 2 N–H and O–H groups in total. The first-order valence-electron chi connectivity index (χ1n) is 7.03. The first-order chi connectivity index (χ1) is 10.2. The standard InChI is InChI=1S/C16H23NO5/c1-16(2,3)22-15(20)17-12(10-18)9-14(19)11-5-7-13(21-4)8-6-11/h5-8,12,18H,9-10H2,1-4H3,(H,17,20)/t12-/m1/s1. The van der Waals surface area contributed by atoms with Crippen LogP contribution < -0.4 is 10.1 Å². The lowest BCUT2D eigenvalue weighted by Crippen LogP contribution is -2.42. The number of ketones is 1. The Hall–Kier alpha value is -2.08. The van der Waals surface area contributed by atoms with Crippen LogP contribution in [0.5, 0.6) is 5.75 Å². The van der Waals surface area contributed by atoms with Crippen LogP contribution in [0, 0.1) is 0 Å². The van der Waals surface area contributed by atoms with Crippen LogP contribution in [-0.2, 0) is 4.74 Å². The molecule has 0 aliphatic carbocycles. The molecule has 1 atom stereocenters. The van der Waals surface area contributed by atoms with E-state index >= 15 is 0 Å². The zero-order valence-corrected chi connectivity index (χ0v) is 13.4. The summed E-state index contributed by atoms with van der Waals surface area (Å²) >= 11 is 0. The fraction of sp³-hybridized carbons (Fsp3) is 0.500. The van der Waals surface area contributed by atoms with Crippen molar-refractivity contribution in [1.29, 1.82) is 0 Å². The summed E-state index contributed by atoms with van der Waals surface area (Å²) in [5, 5.41) is 11.8. The monoisotopic (exact) mass is 309 g/mol. The van der Waals surface area contributed by atoms with E-state index in [1.165, 1.54) is 0 Å². The van der Waals surface area contributed by atoms with Gasteiger partial charge in [-0.25, -0.2) is 4.79 Å². The Labute approximate surface area is 130 Å². The topological polar surface area (TPSA) is 84.9 Å². The van der Waals surface area contributed by atoms with Gasteiger partial charge in [0.25, 0.3) is 0 Å². The highest BCUT2D eigenvalue weighted by Gasteiger charge is 2.21. The number of aliphatic hydroxyl groups is 1. The summed E-state index contributed by atoms with van der Waals surface area (Å²) in [4.78, 5) is 23.8. The fourth-order valence-electron chi connectivity index (χ4n) is 1.75. The van der Waals surface area contributed by atoms with Gasteiger partial charge in [-0.15, -0.1) is 0 Å². The molecule has 1 amide bonds. The van der Waals surface area contributed by atoms with E-state index < -0.39 is 17.7 Å². The van der Waals surface area contributed by atoms with Crippen molar-refractivity contribution in [3.8, 4) is 5.75 Å². The number of benzene rings is 1. The molecule has 122 valence electrons. The quantitative estimate of drug-likeness (QED) is 0.787. The molecule has 0 fully saturated rings. The van der Waals surface area contributed by atoms with E-state index in [0.717, 1.165) is 0 Å². The van der Waals surface area contributed by atoms with Crippen LogP contribution in [0.4, 0.5) is 4.79 Å². The molecule has 1 rings (SSSR count). The van der Waals surface area contributed by atoms with Gasteiger partial charge in [-0.05, 0) is 45.0 Å². The van der Waals surface area contributed by atoms with Crippen molar-refractivity contribution < 1.29 is 24.2 Å². The lowest BCUT2D eigenvalue weighted by Gasteiger charge is -2.22. The second-order valence-corrected chi connectivity index (χ2v) is 5.88. The van der Waals surface area contributed by atoms with Crippen LogP contribution in [0.25, 0.3) is 0 Å². The third kappa shape index (κ3) is 6.13. The minimum atomic E-state index is -0.690. The number of carbonyl (C=O) groups is 2. The Balaban J connectivity index is 2.61. The molecule has 0 bridgehead atoms.